The average Bonchev–Trinajstić information content (AvgIpc) is 2.10. The Morgan fingerprint density at radius 2 is 2.00 bits per heavy atom. The summed E-state index contributed by atoms with van der Waals surface area (Å²) >= 11 is 0. The normalized spacial score (nSPS) is 12.3. The zero-order valence-corrected chi connectivity index (χ0v) is 9.38. The fourth-order valence-electron chi connectivity index (χ4n) is 0.671. The minimum atomic E-state index is -3.31. The van der Waals surface area contributed by atoms with Gasteiger partial charge in [0.2, 0.25) is 0 Å². The molecule has 0 spiro atoms. The first-order valence-corrected chi connectivity index (χ1v) is 5.80. The number of rotatable bonds is 8. The van der Waals surface area contributed by atoms with Crippen LogP contribution in [-0.4, -0.2) is 58.3 Å². The Morgan fingerprint density at radius 1 is 1.36 bits per heavy atom. The summed E-state index contributed by atoms with van der Waals surface area (Å²) in [5.41, 5.74) is 0. The molecule has 0 heterocycles. The van der Waals surface area contributed by atoms with E-state index in [2.05, 4.69) is 4.72 Å². The predicted octanol–water partition coefficient (Wildman–Crippen LogP) is -1.22. The van der Waals surface area contributed by atoms with Crippen molar-refractivity contribution in [2.75, 3.05) is 40.5 Å². The lowest BCUT2D eigenvalue weighted by Gasteiger charge is -2.11. The van der Waals surface area contributed by atoms with Crippen molar-refractivity contribution in [1.29, 1.82) is 0 Å². The third kappa shape index (κ3) is 6.28. The number of hydrogen-bond acceptors (Lipinski definition) is 4. The second kappa shape index (κ2) is 7.13. The monoisotopic (exact) mass is 226 g/mol. The van der Waals surface area contributed by atoms with E-state index in [9.17, 15) is 8.42 Å². The average molecular weight is 226 g/mol. The Hall–Kier alpha value is -0.210. The maximum atomic E-state index is 11.2. The van der Waals surface area contributed by atoms with Crippen LogP contribution in [0.15, 0.2) is 0 Å². The molecular weight excluding hydrogens is 208 g/mol. The molecule has 0 saturated heterocycles. The van der Waals surface area contributed by atoms with Crippen molar-refractivity contribution >= 4 is 10.2 Å². The molecule has 0 bridgehead atoms. The van der Waals surface area contributed by atoms with Crippen LogP contribution in [-0.2, 0) is 14.9 Å². The lowest BCUT2D eigenvalue weighted by atomic mass is 10.5. The molecule has 14 heavy (non-hydrogen) atoms. The van der Waals surface area contributed by atoms with Gasteiger partial charge in [-0.2, -0.15) is 12.7 Å². The van der Waals surface area contributed by atoms with Gasteiger partial charge in [0, 0.05) is 27.2 Å². The maximum Gasteiger partial charge on any atom is 0.278 e. The highest BCUT2D eigenvalue weighted by molar-refractivity contribution is 7.87. The van der Waals surface area contributed by atoms with Crippen molar-refractivity contribution in [2.24, 2.45) is 0 Å². The van der Waals surface area contributed by atoms with Gasteiger partial charge in [-0.15, -0.1) is 0 Å². The molecule has 0 atom stereocenters. The van der Waals surface area contributed by atoms with Gasteiger partial charge in [0.1, 0.15) is 0 Å². The Morgan fingerprint density at radius 3 is 2.50 bits per heavy atom. The number of nitrogens with one attached hydrogen (secondary N) is 1. The minimum absolute atomic E-state index is 0.0105. The topological polar surface area (TPSA) is 78.9 Å². The van der Waals surface area contributed by atoms with Crippen molar-refractivity contribution in [3.63, 3.8) is 0 Å². The molecule has 7 heteroatoms. The van der Waals surface area contributed by atoms with Gasteiger partial charge in [0.05, 0.1) is 13.2 Å². The first-order chi connectivity index (χ1) is 6.50. The van der Waals surface area contributed by atoms with Gasteiger partial charge < -0.3 is 9.84 Å². The zero-order valence-electron chi connectivity index (χ0n) is 8.56. The van der Waals surface area contributed by atoms with Crippen LogP contribution in [0.3, 0.4) is 0 Å². The van der Waals surface area contributed by atoms with Gasteiger partial charge in [-0.3, -0.25) is 0 Å². The van der Waals surface area contributed by atoms with Crippen LogP contribution >= 0.6 is 0 Å². The highest BCUT2D eigenvalue weighted by atomic mass is 32.2. The highest BCUT2D eigenvalue weighted by Crippen LogP contribution is 1.88. The summed E-state index contributed by atoms with van der Waals surface area (Å²) in [6.45, 7) is 1.06. The van der Waals surface area contributed by atoms with Crippen LogP contribution in [0.2, 0.25) is 0 Å². The second-order valence-electron chi connectivity index (χ2n) is 2.87. The lowest BCUT2D eigenvalue weighted by molar-refractivity contribution is 0.0913. The second-order valence-corrected chi connectivity index (χ2v) is 4.84. The molecule has 0 amide bonds. The van der Waals surface area contributed by atoms with Crippen LogP contribution < -0.4 is 4.72 Å². The Labute approximate surface area is 85.0 Å². The molecular formula is C7H18N2O4S. The minimum Gasteiger partial charge on any atom is -0.394 e. The van der Waals surface area contributed by atoms with E-state index >= 15 is 0 Å². The predicted molar refractivity (Wildman–Crippen MR) is 53.1 cm³/mol. The molecule has 0 aromatic carbocycles. The van der Waals surface area contributed by atoms with E-state index in [0.717, 1.165) is 4.31 Å². The van der Waals surface area contributed by atoms with E-state index in [1.807, 2.05) is 0 Å². The third-order valence-electron chi connectivity index (χ3n) is 1.47. The summed E-state index contributed by atoms with van der Waals surface area (Å²) in [4.78, 5) is 0. The van der Waals surface area contributed by atoms with Gasteiger partial charge in [-0.1, -0.05) is 0 Å². The highest BCUT2D eigenvalue weighted by Gasteiger charge is 2.10. The first-order valence-electron chi connectivity index (χ1n) is 4.36. The Kier molecular flexibility index (Phi) is 7.02. The quantitative estimate of drug-likeness (QED) is 0.509. The fraction of sp³-hybridized carbons (Fsp3) is 1.00. The molecule has 2 N–H and O–H groups in total. The third-order valence-corrected chi connectivity index (χ3v) is 3.00. The summed E-state index contributed by atoms with van der Waals surface area (Å²) in [5, 5.41) is 8.38. The van der Waals surface area contributed by atoms with E-state index in [0.29, 0.717) is 26.2 Å². The van der Waals surface area contributed by atoms with Crippen molar-refractivity contribution in [1.82, 2.24) is 9.03 Å². The molecule has 0 fully saturated rings. The van der Waals surface area contributed by atoms with Crippen LogP contribution in [0.5, 0.6) is 0 Å². The molecule has 0 rings (SSSR count). The SMILES string of the molecule is CN(C)S(=O)(=O)NCCCOCCO. The number of ether oxygens (including phenoxy) is 1. The van der Waals surface area contributed by atoms with E-state index in [1.54, 1.807) is 0 Å². The van der Waals surface area contributed by atoms with Crippen molar-refractivity contribution in [3.8, 4) is 0 Å². The van der Waals surface area contributed by atoms with Gasteiger partial charge in [-0.25, -0.2) is 4.72 Å². The Bertz CT molecular complexity index is 228. The van der Waals surface area contributed by atoms with E-state index < -0.39 is 10.2 Å². The summed E-state index contributed by atoms with van der Waals surface area (Å²) in [7, 11) is -0.387. The van der Waals surface area contributed by atoms with E-state index in [1.165, 1.54) is 14.1 Å². The number of aliphatic hydroxyl groups excluding tert-OH is 1. The lowest BCUT2D eigenvalue weighted by Crippen LogP contribution is -2.36. The molecule has 0 aromatic heterocycles. The van der Waals surface area contributed by atoms with Crippen LogP contribution in [0.1, 0.15) is 6.42 Å². The molecule has 0 aliphatic carbocycles. The largest absolute Gasteiger partial charge is 0.394 e. The molecule has 86 valence electrons. The van der Waals surface area contributed by atoms with Crippen molar-refractivity contribution in [2.45, 2.75) is 6.42 Å². The van der Waals surface area contributed by atoms with Gasteiger partial charge in [0.15, 0.2) is 0 Å². The zero-order chi connectivity index (χ0) is 11.0. The van der Waals surface area contributed by atoms with E-state index in [-0.39, 0.29) is 6.61 Å². The summed E-state index contributed by atoms with van der Waals surface area (Å²) in [5.74, 6) is 0. The summed E-state index contributed by atoms with van der Waals surface area (Å²) in [6.07, 6.45) is 0.590. The van der Waals surface area contributed by atoms with Crippen LogP contribution in [0.25, 0.3) is 0 Å². The molecule has 0 aliphatic heterocycles. The number of nitrogens with zero attached hydrogens (tertiary/aromatic N) is 1. The standard InChI is InChI=1S/C7H18N2O4S/c1-9(2)14(11,12)8-4-3-6-13-7-5-10/h8,10H,3-7H2,1-2H3. The first kappa shape index (κ1) is 13.8. The molecule has 6 nitrogen and oxygen atoms in total. The van der Waals surface area contributed by atoms with Crippen LogP contribution in [0.4, 0.5) is 0 Å². The van der Waals surface area contributed by atoms with Crippen molar-refractivity contribution < 1.29 is 18.3 Å². The molecule has 0 aromatic rings. The van der Waals surface area contributed by atoms with E-state index in [4.69, 9.17) is 9.84 Å². The summed E-state index contributed by atoms with van der Waals surface area (Å²) < 4.78 is 30.8. The van der Waals surface area contributed by atoms with Crippen LogP contribution in [0, 0.1) is 0 Å². The molecule has 0 aliphatic rings. The van der Waals surface area contributed by atoms with Crippen molar-refractivity contribution in [3.05, 3.63) is 0 Å². The maximum absolute atomic E-state index is 11.2. The molecule has 0 unspecified atom stereocenters. The molecule has 0 saturated carbocycles. The number of hydrogen-bond donors (Lipinski definition) is 2. The smallest absolute Gasteiger partial charge is 0.278 e. The van der Waals surface area contributed by atoms with Gasteiger partial charge in [0.25, 0.3) is 10.2 Å². The van der Waals surface area contributed by atoms with Gasteiger partial charge in [-0.05, 0) is 6.42 Å². The van der Waals surface area contributed by atoms with Gasteiger partial charge >= 0.3 is 0 Å². The fourth-order valence-corrected chi connectivity index (χ4v) is 1.33. The Balaban J connectivity index is 3.46. The summed E-state index contributed by atoms with van der Waals surface area (Å²) in [6, 6.07) is 0. The number of aliphatic hydroxyl groups is 1. The molecule has 0 radical (unpaired) electrons.